The maximum atomic E-state index is 12.5. The SMILES string of the molecule is O=C(/C=C/c1cccc(Cl)c1)OCCN(C1=NS(=O)(=O)c2ccccc21)c1ccccc1. The van der Waals surface area contributed by atoms with E-state index in [0.717, 1.165) is 11.3 Å². The highest BCUT2D eigenvalue weighted by molar-refractivity contribution is 7.90. The Bertz CT molecular complexity index is 1300. The zero-order valence-electron chi connectivity index (χ0n) is 16.9. The third-order valence-corrected chi connectivity index (χ3v) is 6.32. The largest absolute Gasteiger partial charge is 0.461 e. The van der Waals surface area contributed by atoms with Gasteiger partial charge < -0.3 is 9.64 Å². The summed E-state index contributed by atoms with van der Waals surface area (Å²) in [5.74, 6) is -0.211. The van der Waals surface area contributed by atoms with Crippen molar-refractivity contribution in [2.24, 2.45) is 4.40 Å². The summed E-state index contributed by atoms with van der Waals surface area (Å²) in [6.07, 6.45) is 2.94. The van der Waals surface area contributed by atoms with E-state index in [1.54, 1.807) is 47.4 Å². The molecule has 1 aliphatic heterocycles. The van der Waals surface area contributed by atoms with E-state index in [2.05, 4.69) is 4.40 Å². The summed E-state index contributed by atoms with van der Waals surface area (Å²) in [4.78, 5) is 14.1. The molecule has 4 rings (SSSR count). The average molecular weight is 467 g/mol. The van der Waals surface area contributed by atoms with Crippen molar-refractivity contribution < 1.29 is 17.9 Å². The van der Waals surface area contributed by atoms with Gasteiger partial charge in [-0.25, -0.2) is 4.79 Å². The first kappa shape index (κ1) is 21.8. The second-order valence-electron chi connectivity index (χ2n) is 6.93. The van der Waals surface area contributed by atoms with Gasteiger partial charge in [0.05, 0.1) is 6.54 Å². The number of ether oxygens (including phenoxy) is 1. The molecule has 0 spiro atoms. The monoisotopic (exact) mass is 466 g/mol. The Morgan fingerprint density at radius 3 is 2.53 bits per heavy atom. The lowest BCUT2D eigenvalue weighted by molar-refractivity contribution is -0.137. The number of esters is 1. The summed E-state index contributed by atoms with van der Waals surface area (Å²) < 4.78 is 34.3. The second-order valence-corrected chi connectivity index (χ2v) is 8.94. The fraction of sp³-hybridized carbons (Fsp3) is 0.0833. The molecule has 0 radical (unpaired) electrons. The molecule has 0 bridgehead atoms. The maximum absolute atomic E-state index is 12.5. The first-order valence-corrected chi connectivity index (χ1v) is 11.6. The van der Waals surface area contributed by atoms with Gasteiger partial charge in [0.1, 0.15) is 11.5 Å². The number of amidine groups is 1. The van der Waals surface area contributed by atoms with Crippen molar-refractivity contribution in [3.63, 3.8) is 0 Å². The van der Waals surface area contributed by atoms with Crippen LogP contribution in [0, 0.1) is 0 Å². The van der Waals surface area contributed by atoms with Crippen LogP contribution in [0.5, 0.6) is 0 Å². The zero-order valence-corrected chi connectivity index (χ0v) is 18.5. The number of hydrogen-bond acceptors (Lipinski definition) is 5. The average Bonchev–Trinajstić information content (AvgIpc) is 3.07. The van der Waals surface area contributed by atoms with Crippen LogP contribution in [0.4, 0.5) is 5.69 Å². The molecule has 0 aliphatic carbocycles. The molecule has 32 heavy (non-hydrogen) atoms. The summed E-state index contributed by atoms with van der Waals surface area (Å²) in [6.45, 7) is 0.262. The molecule has 0 saturated heterocycles. The van der Waals surface area contributed by atoms with Gasteiger partial charge in [-0.05, 0) is 48.0 Å². The van der Waals surface area contributed by atoms with Gasteiger partial charge in [-0.15, -0.1) is 4.40 Å². The van der Waals surface area contributed by atoms with Crippen LogP contribution in [0.3, 0.4) is 0 Å². The third kappa shape index (κ3) is 4.90. The number of rotatable bonds is 6. The molecule has 0 atom stereocenters. The van der Waals surface area contributed by atoms with Crippen molar-refractivity contribution in [3.05, 3.63) is 101 Å². The van der Waals surface area contributed by atoms with Gasteiger partial charge in [0.15, 0.2) is 5.84 Å². The van der Waals surface area contributed by atoms with Crippen LogP contribution in [0.15, 0.2) is 94.2 Å². The van der Waals surface area contributed by atoms with E-state index in [1.807, 2.05) is 36.4 Å². The first-order valence-electron chi connectivity index (χ1n) is 9.81. The first-order chi connectivity index (χ1) is 15.4. The summed E-state index contributed by atoms with van der Waals surface area (Å²) in [5, 5.41) is 0.576. The molecule has 0 aromatic heterocycles. The maximum Gasteiger partial charge on any atom is 0.330 e. The molecular formula is C24H19ClN2O4S. The minimum absolute atomic E-state index is 0.0366. The fourth-order valence-corrected chi connectivity index (χ4v) is 4.72. The van der Waals surface area contributed by atoms with E-state index in [-0.39, 0.29) is 18.0 Å². The van der Waals surface area contributed by atoms with E-state index in [4.69, 9.17) is 16.3 Å². The normalized spacial score (nSPS) is 14.1. The molecule has 8 heteroatoms. The molecule has 0 fully saturated rings. The number of hydrogen-bond donors (Lipinski definition) is 0. The molecule has 1 aliphatic rings. The lowest BCUT2D eigenvalue weighted by atomic mass is 10.1. The fourth-order valence-electron chi connectivity index (χ4n) is 3.31. The van der Waals surface area contributed by atoms with Crippen LogP contribution in [-0.4, -0.2) is 33.4 Å². The Balaban J connectivity index is 1.50. The summed E-state index contributed by atoms with van der Waals surface area (Å²) >= 11 is 5.95. The molecule has 3 aromatic rings. The van der Waals surface area contributed by atoms with Crippen LogP contribution < -0.4 is 4.90 Å². The van der Waals surface area contributed by atoms with Crippen molar-refractivity contribution in [2.45, 2.75) is 4.90 Å². The molecule has 162 valence electrons. The topological polar surface area (TPSA) is 76.0 Å². The number of benzene rings is 3. The van der Waals surface area contributed by atoms with E-state index in [1.165, 1.54) is 12.1 Å². The van der Waals surface area contributed by atoms with Gasteiger partial charge in [-0.2, -0.15) is 8.42 Å². The Kier molecular flexibility index (Phi) is 6.39. The predicted octanol–water partition coefficient (Wildman–Crippen LogP) is 4.55. The zero-order chi connectivity index (χ0) is 22.6. The minimum Gasteiger partial charge on any atom is -0.461 e. The smallest absolute Gasteiger partial charge is 0.330 e. The number of halogens is 1. The molecule has 0 amide bonds. The predicted molar refractivity (Wildman–Crippen MR) is 125 cm³/mol. The van der Waals surface area contributed by atoms with Crippen LogP contribution in [0.2, 0.25) is 5.02 Å². The highest BCUT2D eigenvalue weighted by Gasteiger charge is 2.32. The quantitative estimate of drug-likeness (QED) is 0.393. The molecule has 0 saturated carbocycles. The van der Waals surface area contributed by atoms with Gasteiger partial charge in [0, 0.05) is 22.3 Å². The number of para-hydroxylation sites is 1. The number of carbonyl (C=O) groups is 1. The molecule has 3 aromatic carbocycles. The second kappa shape index (κ2) is 9.38. The van der Waals surface area contributed by atoms with Crippen molar-refractivity contribution in [1.82, 2.24) is 0 Å². The van der Waals surface area contributed by atoms with Gasteiger partial charge in [0.2, 0.25) is 0 Å². The molecule has 0 unspecified atom stereocenters. The molecule has 6 nitrogen and oxygen atoms in total. The summed E-state index contributed by atoms with van der Waals surface area (Å²) in [5.41, 5.74) is 2.04. The Morgan fingerprint density at radius 2 is 1.75 bits per heavy atom. The lowest BCUT2D eigenvalue weighted by Crippen LogP contribution is -2.34. The Hall–Kier alpha value is -3.42. The number of sulfonamides is 1. The van der Waals surface area contributed by atoms with Gasteiger partial charge >= 0.3 is 5.97 Å². The number of nitrogens with zero attached hydrogens (tertiary/aromatic N) is 2. The van der Waals surface area contributed by atoms with Crippen molar-refractivity contribution in [2.75, 3.05) is 18.1 Å². The van der Waals surface area contributed by atoms with Crippen LogP contribution in [-0.2, 0) is 19.6 Å². The van der Waals surface area contributed by atoms with E-state index >= 15 is 0 Å². The van der Waals surface area contributed by atoms with Gasteiger partial charge in [-0.3, -0.25) is 0 Å². The van der Waals surface area contributed by atoms with E-state index in [9.17, 15) is 13.2 Å². The van der Waals surface area contributed by atoms with E-state index < -0.39 is 16.0 Å². The Morgan fingerprint density at radius 1 is 1.00 bits per heavy atom. The lowest BCUT2D eigenvalue weighted by Gasteiger charge is -2.24. The van der Waals surface area contributed by atoms with Crippen LogP contribution in [0.25, 0.3) is 6.08 Å². The summed E-state index contributed by atoms with van der Waals surface area (Å²) in [7, 11) is -3.78. The van der Waals surface area contributed by atoms with Crippen molar-refractivity contribution in [3.8, 4) is 0 Å². The highest BCUT2D eigenvalue weighted by Crippen LogP contribution is 2.29. The van der Waals surface area contributed by atoms with Crippen LogP contribution >= 0.6 is 11.6 Å². The standard InChI is InChI=1S/C24H19ClN2O4S/c25-19-8-6-7-18(17-19)13-14-23(28)31-16-15-27(20-9-2-1-3-10-20)24-21-11-4-5-12-22(21)32(29,30)26-24/h1-14,17H,15-16H2/b14-13+. The third-order valence-electron chi connectivity index (χ3n) is 4.76. The number of carbonyl (C=O) groups excluding carboxylic acids is 1. The van der Waals surface area contributed by atoms with E-state index in [0.29, 0.717) is 16.4 Å². The number of anilines is 1. The van der Waals surface area contributed by atoms with Crippen LogP contribution in [0.1, 0.15) is 11.1 Å². The molecule has 1 heterocycles. The number of fused-ring (bicyclic) bond motifs is 1. The highest BCUT2D eigenvalue weighted by atomic mass is 35.5. The molecule has 0 N–H and O–H groups in total. The van der Waals surface area contributed by atoms with Crippen molar-refractivity contribution >= 4 is 45.2 Å². The van der Waals surface area contributed by atoms with Gasteiger partial charge in [-0.1, -0.05) is 54.1 Å². The van der Waals surface area contributed by atoms with Crippen molar-refractivity contribution in [1.29, 1.82) is 0 Å². The molecular weight excluding hydrogens is 448 g/mol. The van der Waals surface area contributed by atoms with Gasteiger partial charge in [0.25, 0.3) is 10.0 Å². The summed E-state index contributed by atoms with van der Waals surface area (Å²) in [6, 6.07) is 23.0. The Labute approximate surface area is 191 Å². The minimum atomic E-state index is -3.78.